The van der Waals surface area contributed by atoms with E-state index in [1.807, 2.05) is 31.2 Å². The lowest BCUT2D eigenvalue weighted by molar-refractivity contribution is 0.342. The first kappa shape index (κ1) is 12.7. The third kappa shape index (κ3) is 3.13. The van der Waals surface area contributed by atoms with Gasteiger partial charge in [-0.05, 0) is 19.1 Å². The number of alkyl halides is 1. The van der Waals surface area contributed by atoms with Crippen LogP contribution in [0.15, 0.2) is 28.7 Å². The van der Waals surface area contributed by atoms with Crippen LogP contribution in [0.25, 0.3) is 0 Å². The standard InChI is InChI=1S/C12H14ClN3O2/c1-2-17-10-6-4-3-5-9(10)14-12-16-15-11(18-12)7-8-13/h3-6H,2,7-8H2,1H3,(H,14,16). The Labute approximate surface area is 110 Å². The summed E-state index contributed by atoms with van der Waals surface area (Å²) >= 11 is 5.60. The largest absolute Gasteiger partial charge is 0.492 e. The van der Waals surface area contributed by atoms with E-state index in [0.29, 0.717) is 30.8 Å². The minimum atomic E-state index is 0.335. The average Bonchev–Trinajstić information content (AvgIpc) is 2.80. The molecule has 0 radical (unpaired) electrons. The van der Waals surface area contributed by atoms with Crippen LogP contribution in [0.4, 0.5) is 11.7 Å². The fourth-order valence-electron chi connectivity index (χ4n) is 1.45. The molecule has 0 amide bonds. The van der Waals surface area contributed by atoms with Crippen molar-refractivity contribution in [3.63, 3.8) is 0 Å². The first-order chi connectivity index (χ1) is 8.83. The summed E-state index contributed by atoms with van der Waals surface area (Å²) in [6, 6.07) is 7.91. The van der Waals surface area contributed by atoms with Crippen LogP contribution in [0, 0.1) is 0 Å². The molecule has 96 valence electrons. The Balaban J connectivity index is 2.12. The Morgan fingerprint density at radius 1 is 1.33 bits per heavy atom. The van der Waals surface area contributed by atoms with Gasteiger partial charge in [-0.2, -0.15) is 0 Å². The van der Waals surface area contributed by atoms with Gasteiger partial charge in [0.05, 0.1) is 12.3 Å². The Bertz CT molecular complexity index is 502. The van der Waals surface area contributed by atoms with Crippen molar-refractivity contribution in [2.24, 2.45) is 0 Å². The number of nitrogens with one attached hydrogen (secondary N) is 1. The predicted octanol–water partition coefficient (Wildman–Crippen LogP) is 2.99. The number of hydrogen-bond donors (Lipinski definition) is 1. The zero-order valence-electron chi connectivity index (χ0n) is 10.0. The molecule has 0 aliphatic carbocycles. The molecule has 6 heteroatoms. The molecule has 0 fully saturated rings. The maximum absolute atomic E-state index is 5.60. The summed E-state index contributed by atoms with van der Waals surface area (Å²) in [6.45, 7) is 2.53. The quantitative estimate of drug-likeness (QED) is 0.816. The molecule has 1 aromatic heterocycles. The molecule has 1 aromatic carbocycles. The summed E-state index contributed by atoms with van der Waals surface area (Å²) in [5, 5.41) is 10.8. The van der Waals surface area contributed by atoms with E-state index in [0.717, 1.165) is 11.4 Å². The van der Waals surface area contributed by atoms with Crippen LogP contribution in [0.1, 0.15) is 12.8 Å². The second-order valence-electron chi connectivity index (χ2n) is 3.49. The highest BCUT2D eigenvalue weighted by Crippen LogP contribution is 2.26. The first-order valence-corrected chi connectivity index (χ1v) is 6.24. The Morgan fingerprint density at radius 3 is 2.94 bits per heavy atom. The van der Waals surface area contributed by atoms with E-state index < -0.39 is 0 Å². The number of benzene rings is 1. The van der Waals surface area contributed by atoms with E-state index in [2.05, 4.69) is 15.5 Å². The number of aryl methyl sites for hydroxylation is 1. The molecule has 0 atom stereocenters. The lowest BCUT2D eigenvalue weighted by Crippen LogP contribution is -1.97. The minimum Gasteiger partial charge on any atom is -0.492 e. The average molecular weight is 268 g/mol. The lowest BCUT2D eigenvalue weighted by Gasteiger charge is -2.08. The normalized spacial score (nSPS) is 10.3. The number of para-hydroxylation sites is 2. The molecule has 0 aliphatic heterocycles. The predicted molar refractivity (Wildman–Crippen MR) is 69.6 cm³/mol. The first-order valence-electron chi connectivity index (χ1n) is 5.70. The van der Waals surface area contributed by atoms with E-state index >= 15 is 0 Å². The summed E-state index contributed by atoms with van der Waals surface area (Å²) in [7, 11) is 0. The molecule has 18 heavy (non-hydrogen) atoms. The van der Waals surface area contributed by atoms with Crippen LogP contribution in [-0.2, 0) is 6.42 Å². The van der Waals surface area contributed by atoms with Gasteiger partial charge in [-0.25, -0.2) is 0 Å². The molecule has 1 N–H and O–H groups in total. The van der Waals surface area contributed by atoms with Gasteiger partial charge in [-0.3, -0.25) is 0 Å². The van der Waals surface area contributed by atoms with E-state index in [9.17, 15) is 0 Å². The smallest absolute Gasteiger partial charge is 0.320 e. The van der Waals surface area contributed by atoms with E-state index in [1.54, 1.807) is 0 Å². The topological polar surface area (TPSA) is 60.2 Å². The summed E-state index contributed by atoms with van der Waals surface area (Å²) in [5.41, 5.74) is 0.792. The maximum atomic E-state index is 5.60. The molecule has 0 bridgehead atoms. The van der Waals surface area contributed by atoms with Crippen LogP contribution in [0.2, 0.25) is 0 Å². The third-order valence-corrected chi connectivity index (χ3v) is 2.39. The van der Waals surface area contributed by atoms with Gasteiger partial charge in [0.25, 0.3) is 0 Å². The monoisotopic (exact) mass is 267 g/mol. The van der Waals surface area contributed by atoms with Crippen molar-refractivity contribution in [2.45, 2.75) is 13.3 Å². The lowest BCUT2D eigenvalue weighted by atomic mass is 10.3. The Hall–Kier alpha value is -1.75. The SMILES string of the molecule is CCOc1ccccc1Nc1nnc(CCCl)o1. The Kier molecular flexibility index (Phi) is 4.41. The molecule has 0 saturated carbocycles. The number of halogens is 1. The van der Waals surface area contributed by atoms with Gasteiger partial charge in [0, 0.05) is 12.3 Å². The number of hydrogen-bond acceptors (Lipinski definition) is 5. The molecular weight excluding hydrogens is 254 g/mol. The van der Waals surface area contributed by atoms with Crippen molar-refractivity contribution in [1.82, 2.24) is 10.2 Å². The van der Waals surface area contributed by atoms with Crippen LogP contribution in [-0.4, -0.2) is 22.7 Å². The number of nitrogens with zero attached hydrogens (tertiary/aromatic N) is 2. The zero-order valence-corrected chi connectivity index (χ0v) is 10.8. The zero-order chi connectivity index (χ0) is 12.8. The molecule has 0 saturated heterocycles. The van der Waals surface area contributed by atoms with E-state index in [1.165, 1.54) is 0 Å². The van der Waals surface area contributed by atoms with Gasteiger partial charge in [-0.15, -0.1) is 16.7 Å². The van der Waals surface area contributed by atoms with Gasteiger partial charge in [0.1, 0.15) is 5.75 Å². The van der Waals surface area contributed by atoms with Crippen molar-refractivity contribution in [3.8, 4) is 5.75 Å². The van der Waals surface area contributed by atoms with Crippen LogP contribution in [0.3, 0.4) is 0 Å². The van der Waals surface area contributed by atoms with Gasteiger partial charge < -0.3 is 14.5 Å². The molecule has 5 nitrogen and oxygen atoms in total. The number of anilines is 2. The number of aromatic nitrogens is 2. The van der Waals surface area contributed by atoms with E-state index in [-0.39, 0.29) is 0 Å². The van der Waals surface area contributed by atoms with Crippen molar-refractivity contribution in [2.75, 3.05) is 17.8 Å². The van der Waals surface area contributed by atoms with Crippen molar-refractivity contribution in [3.05, 3.63) is 30.2 Å². The highest BCUT2D eigenvalue weighted by atomic mass is 35.5. The molecule has 1 heterocycles. The number of ether oxygens (including phenoxy) is 1. The van der Waals surface area contributed by atoms with Crippen LogP contribution >= 0.6 is 11.6 Å². The molecule has 0 aliphatic rings. The second kappa shape index (κ2) is 6.26. The third-order valence-electron chi connectivity index (χ3n) is 2.20. The Morgan fingerprint density at radius 2 is 2.17 bits per heavy atom. The summed E-state index contributed by atoms with van der Waals surface area (Å²) in [6.07, 6.45) is 0.559. The van der Waals surface area contributed by atoms with Crippen molar-refractivity contribution < 1.29 is 9.15 Å². The molecule has 2 aromatic rings. The van der Waals surface area contributed by atoms with Crippen LogP contribution < -0.4 is 10.1 Å². The summed E-state index contributed by atoms with van der Waals surface area (Å²) < 4.78 is 10.9. The summed E-state index contributed by atoms with van der Waals surface area (Å²) in [4.78, 5) is 0. The van der Waals surface area contributed by atoms with Gasteiger partial charge in [0.15, 0.2) is 0 Å². The van der Waals surface area contributed by atoms with E-state index in [4.69, 9.17) is 20.8 Å². The summed E-state index contributed by atoms with van der Waals surface area (Å²) in [5.74, 6) is 1.72. The van der Waals surface area contributed by atoms with Gasteiger partial charge >= 0.3 is 6.01 Å². The fourth-order valence-corrected chi connectivity index (χ4v) is 1.61. The van der Waals surface area contributed by atoms with Crippen molar-refractivity contribution in [1.29, 1.82) is 0 Å². The molecule has 0 unspecified atom stereocenters. The highest BCUT2D eigenvalue weighted by Gasteiger charge is 2.08. The van der Waals surface area contributed by atoms with Crippen molar-refractivity contribution >= 4 is 23.3 Å². The minimum absolute atomic E-state index is 0.335. The molecule has 0 spiro atoms. The fraction of sp³-hybridized carbons (Fsp3) is 0.333. The van der Waals surface area contributed by atoms with Gasteiger partial charge in [-0.1, -0.05) is 17.2 Å². The highest BCUT2D eigenvalue weighted by molar-refractivity contribution is 6.17. The maximum Gasteiger partial charge on any atom is 0.320 e. The number of rotatable bonds is 6. The molecule has 2 rings (SSSR count). The molecular formula is C12H14ClN3O2. The second-order valence-corrected chi connectivity index (χ2v) is 3.87. The van der Waals surface area contributed by atoms with Gasteiger partial charge in [0.2, 0.25) is 5.89 Å². The van der Waals surface area contributed by atoms with Crippen LogP contribution in [0.5, 0.6) is 5.75 Å².